The fourth-order valence-electron chi connectivity index (χ4n) is 0.802. The molecular formula is C8H9ClN2O2. The molecule has 4 nitrogen and oxygen atoms in total. The minimum Gasteiger partial charge on any atom is -0.461 e. The molecule has 0 unspecified atom stereocenters. The molecule has 0 atom stereocenters. The molecule has 0 saturated heterocycles. The van der Waals surface area contributed by atoms with Gasteiger partial charge in [-0.05, 0) is 13.0 Å². The molecule has 1 rings (SSSR count). The Hall–Kier alpha value is -1.29. The van der Waals surface area contributed by atoms with Crippen molar-refractivity contribution in [3.05, 3.63) is 23.0 Å². The average molecular weight is 201 g/mol. The average Bonchev–Trinajstić information content (AvgIpc) is 2.04. The Balaban J connectivity index is 2.95. The molecule has 0 aromatic carbocycles. The van der Waals surface area contributed by atoms with E-state index >= 15 is 0 Å². The Morgan fingerprint density at radius 3 is 3.00 bits per heavy atom. The summed E-state index contributed by atoms with van der Waals surface area (Å²) in [6, 6.07) is 1.46. The molecule has 5 heteroatoms. The van der Waals surface area contributed by atoms with Gasteiger partial charge in [0.2, 0.25) is 0 Å². The van der Waals surface area contributed by atoms with Gasteiger partial charge in [0.15, 0.2) is 5.69 Å². The molecule has 13 heavy (non-hydrogen) atoms. The molecular weight excluding hydrogens is 192 g/mol. The van der Waals surface area contributed by atoms with Gasteiger partial charge in [0.25, 0.3) is 0 Å². The molecule has 1 heterocycles. The summed E-state index contributed by atoms with van der Waals surface area (Å²) in [6.45, 7) is 2.00. The maximum absolute atomic E-state index is 11.2. The molecule has 0 aliphatic heterocycles. The lowest BCUT2D eigenvalue weighted by molar-refractivity contribution is 0.0520. The lowest BCUT2D eigenvalue weighted by atomic mass is 10.3. The summed E-state index contributed by atoms with van der Waals surface area (Å²) < 4.78 is 4.72. The standard InChI is InChI=1S/C8H9ClN2O2/c1-2-13-8(12)7-6(9)3-5(10)4-11-7/h3-4H,2,10H2,1H3. The van der Waals surface area contributed by atoms with Gasteiger partial charge in [-0.15, -0.1) is 0 Å². The Morgan fingerprint density at radius 2 is 2.46 bits per heavy atom. The van der Waals surface area contributed by atoms with Gasteiger partial charge in [0.1, 0.15) is 0 Å². The number of nitrogen functional groups attached to an aromatic ring is 1. The second-order valence-corrected chi connectivity index (χ2v) is 2.73. The zero-order valence-corrected chi connectivity index (χ0v) is 7.84. The van der Waals surface area contributed by atoms with E-state index in [2.05, 4.69) is 4.98 Å². The summed E-state index contributed by atoms with van der Waals surface area (Å²) in [7, 11) is 0. The summed E-state index contributed by atoms with van der Waals surface area (Å²) in [4.78, 5) is 14.9. The van der Waals surface area contributed by atoms with Crippen LogP contribution in [0.15, 0.2) is 12.3 Å². The highest BCUT2D eigenvalue weighted by Crippen LogP contribution is 2.16. The highest BCUT2D eigenvalue weighted by molar-refractivity contribution is 6.33. The van der Waals surface area contributed by atoms with Crippen molar-refractivity contribution in [1.82, 2.24) is 4.98 Å². The van der Waals surface area contributed by atoms with Crippen LogP contribution in [0.3, 0.4) is 0 Å². The first-order valence-electron chi connectivity index (χ1n) is 3.73. The summed E-state index contributed by atoms with van der Waals surface area (Å²) in [5.74, 6) is -0.535. The molecule has 0 saturated carbocycles. The van der Waals surface area contributed by atoms with Gasteiger partial charge in [-0.3, -0.25) is 0 Å². The van der Waals surface area contributed by atoms with Crippen molar-refractivity contribution in [2.75, 3.05) is 12.3 Å². The van der Waals surface area contributed by atoms with Crippen molar-refractivity contribution < 1.29 is 9.53 Å². The number of esters is 1. The number of rotatable bonds is 2. The summed E-state index contributed by atoms with van der Waals surface area (Å²) in [5.41, 5.74) is 5.91. The number of carbonyl (C=O) groups excluding carboxylic acids is 1. The van der Waals surface area contributed by atoms with E-state index in [-0.39, 0.29) is 10.7 Å². The first kappa shape index (κ1) is 9.80. The van der Waals surface area contributed by atoms with Crippen molar-refractivity contribution >= 4 is 23.3 Å². The lowest BCUT2D eigenvalue weighted by Crippen LogP contribution is -2.08. The Kier molecular flexibility index (Phi) is 3.08. The van der Waals surface area contributed by atoms with E-state index in [0.29, 0.717) is 12.3 Å². The maximum atomic E-state index is 11.2. The number of ether oxygens (including phenoxy) is 1. The van der Waals surface area contributed by atoms with Crippen LogP contribution < -0.4 is 5.73 Å². The van der Waals surface area contributed by atoms with Crippen LogP contribution in [-0.2, 0) is 4.74 Å². The third-order valence-corrected chi connectivity index (χ3v) is 1.62. The van der Waals surface area contributed by atoms with Crippen LogP contribution in [0.5, 0.6) is 0 Å². The number of pyridine rings is 1. The van der Waals surface area contributed by atoms with Crippen molar-refractivity contribution in [3.63, 3.8) is 0 Å². The lowest BCUT2D eigenvalue weighted by Gasteiger charge is -2.02. The van der Waals surface area contributed by atoms with Gasteiger partial charge in [-0.25, -0.2) is 9.78 Å². The first-order chi connectivity index (χ1) is 6.15. The molecule has 0 radical (unpaired) electrons. The van der Waals surface area contributed by atoms with E-state index in [1.807, 2.05) is 0 Å². The molecule has 70 valence electrons. The van der Waals surface area contributed by atoms with Crippen LogP contribution in [0.4, 0.5) is 5.69 Å². The van der Waals surface area contributed by atoms with Crippen molar-refractivity contribution in [2.24, 2.45) is 0 Å². The third-order valence-electron chi connectivity index (χ3n) is 1.33. The minimum absolute atomic E-state index is 0.0951. The van der Waals surface area contributed by atoms with Crippen LogP contribution in [0.1, 0.15) is 17.4 Å². The van der Waals surface area contributed by atoms with Crippen molar-refractivity contribution in [3.8, 4) is 0 Å². The zero-order valence-electron chi connectivity index (χ0n) is 7.08. The number of halogens is 1. The van der Waals surface area contributed by atoms with Crippen LogP contribution in [0, 0.1) is 0 Å². The van der Waals surface area contributed by atoms with Crippen molar-refractivity contribution in [2.45, 2.75) is 6.92 Å². The van der Waals surface area contributed by atoms with Gasteiger partial charge in [0.05, 0.1) is 23.5 Å². The second kappa shape index (κ2) is 4.09. The third kappa shape index (κ3) is 2.32. The number of anilines is 1. The molecule has 0 amide bonds. The van der Waals surface area contributed by atoms with Gasteiger partial charge in [0, 0.05) is 0 Å². The van der Waals surface area contributed by atoms with Crippen LogP contribution in [-0.4, -0.2) is 17.6 Å². The van der Waals surface area contributed by atoms with E-state index in [1.54, 1.807) is 6.92 Å². The molecule has 0 aliphatic carbocycles. The molecule has 0 bridgehead atoms. The SMILES string of the molecule is CCOC(=O)c1ncc(N)cc1Cl. The van der Waals surface area contributed by atoms with Gasteiger partial charge < -0.3 is 10.5 Å². The Bertz CT molecular complexity index is 328. The topological polar surface area (TPSA) is 65.2 Å². The number of carbonyl (C=O) groups is 1. The smallest absolute Gasteiger partial charge is 0.358 e. The maximum Gasteiger partial charge on any atom is 0.358 e. The molecule has 0 fully saturated rings. The van der Waals surface area contributed by atoms with E-state index in [1.165, 1.54) is 12.3 Å². The van der Waals surface area contributed by atoms with E-state index in [9.17, 15) is 4.79 Å². The number of nitrogens with zero attached hydrogens (tertiary/aromatic N) is 1. The van der Waals surface area contributed by atoms with E-state index in [0.717, 1.165) is 0 Å². The number of hydrogen-bond acceptors (Lipinski definition) is 4. The largest absolute Gasteiger partial charge is 0.461 e. The second-order valence-electron chi connectivity index (χ2n) is 2.32. The normalized spacial score (nSPS) is 9.69. The van der Waals surface area contributed by atoms with Crippen molar-refractivity contribution in [1.29, 1.82) is 0 Å². The molecule has 0 aliphatic rings. The number of aromatic nitrogens is 1. The quantitative estimate of drug-likeness (QED) is 0.735. The molecule has 1 aromatic rings. The molecule has 1 aromatic heterocycles. The fourth-order valence-corrected chi connectivity index (χ4v) is 1.05. The zero-order chi connectivity index (χ0) is 9.84. The van der Waals surface area contributed by atoms with Gasteiger partial charge in [-0.2, -0.15) is 0 Å². The Labute approximate surface area is 80.7 Å². The van der Waals surface area contributed by atoms with Crippen LogP contribution in [0.2, 0.25) is 5.02 Å². The number of nitrogens with two attached hydrogens (primary N) is 1. The van der Waals surface area contributed by atoms with E-state index < -0.39 is 5.97 Å². The Morgan fingerprint density at radius 1 is 1.77 bits per heavy atom. The summed E-state index contributed by atoms with van der Waals surface area (Å²) in [6.07, 6.45) is 1.36. The summed E-state index contributed by atoms with van der Waals surface area (Å²) >= 11 is 5.72. The van der Waals surface area contributed by atoms with Gasteiger partial charge in [-0.1, -0.05) is 11.6 Å². The number of hydrogen-bond donors (Lipinski definition) is 1. The predicted octanol–water partition coefficient (Wildman–Crippen LogP) is 1.49. The highest BCUT2D eigenvalue weighted by atomic mass is 35.5. The van der Waals surface area contributed by atoms with Gasteiger partial charge >= 0.3 is 5.97 Å². The molecule has 2 N–H and O–H groups in total. The first-order valence-corrected chi connectivity index (χ1v) is 4.11. The predicted molar refractivity (Wildman–Crippen MR) is 49.6 cm³/mol. The molecule has 0 spiro atoms. The van der Waals surface area contributed by atoms with Crippen LogP contribution in [0.25, 0.3) is 0 Å². The summed E-state index contributed by atoms with van der Waals surface area (Å²) in [5, 5.41) is 0.207. The highest BCUT2D eigenvalue weighted by Gasteiger charge is 2.12. The van der Waals surface area contributed by atoms with E-state index in [4.69, 9.17) is 22.1 Å². The minimum atomic E-state index is -0.535. The monoisotopic (exact) mass is 200 g/mol. The fraction of sp³-hybridized carbons (Fsp3) is 0.250. The van der Waals surface area contributed by atoms with Crippen LogP contribution >= 0.6 is 11.6 Å².